The number of nitrogens with two attached hydrogens (primary N) is 2. The van der Waals surface area contributed by atoms with E-state index in [-0.39, 0.29) is 84.2 Å². The molecule has 21 nitrogen and oxygen atoms in total. The summed E-state index contributed by atoms with van der Waals surface area (Å²) in [6, 6.07) is 41.1. The Morgan fingerprint density at radius 1 is 0.368 bits per heavy atom. The van der Waals surface area contributed by atoms with Gasteiger partial charge in [-0.15, -0.1) is 12.4 Å². The Bertz CT molecular complexity index is 3070. The van der Waals surface area contributed by atoms with Gasteiger partial charge in [-0.2, -0.15) is 0 Å². The van der Waals surface area contributed by atoms with Crippen LogP contribution in [-0.2, 0) is 112 Å². The minimum atomic E-state index is -1.83. The summed E-state index contributed by atoms with van der Waals surface area (Å²) in [7, 11) is 0. The Morgan fingerprint density at radius 2 is 0.623 bits per heavy atom. The Labute approximate surface area is 652 Å². The predicted molar refractivity (Wildman–Crippen MR) is 433 cm³/mol. The summed E-state index contributed by atoms with van der Waals surface area (Å²) >= 11 is 2.42. The van der Waals surface area contributed by atoms with Gasteiger partial charge in [0, 0.05) is 25.2 Å². The number of benzene rings is 5. The number of hydrogen-bond acceptors (Lipinski definition) is 18. The first-order valence-corrected chi connectivity index (χ1v) is 38.6. The molecule has 0 saturated heterocycles. The van der Waals surface area contributed by atoms with Crippen molar-refractivity contribution in [1.82, 2.24) is 16.0 Å². The zero-order valence-electron chi connectivity index (χ0n) is 65.3. The van der Waals surface area contributed by atoms with Gasteiger partial charge >= 0.3 is 17.9 Å². The molecule has 23 heteroatoms. The molecule has 0 aliphatic carbocycles. The van der Waals surface area contributed by atoms with Gasteiger partial charge in [0.2, 0.25) is 23.3 Å². The number of carbonyl (C=O) groups is 7. The zero-order chi connectivity index (χ0) is 79.3. The van der Waals surface area contributed by atoms with Gasteiger partial charge in [-0.25, -0.2) is 14.4 Å². The highest BCUT2D eigenvalue weighted by Crippen LogP contribution is 2.22. The van der Waals surface area contributed by atoms with E-state index in [1.165, 1.54) is 95.9 Å². The monoisotopic (exact) mass is 1610 g/mol. The van der Waals surface area contributed by atoms with Crippen LogP contribution in [0.1, 0.15) is 197 Å². The first-order chi connectivity index (χ1) is 50.0. The minimum absolute atomic E-state index is 0. The van der Waals surface area contributed by atoms with Crippen LogP contribution in [0.15, 0.2) is 121 Å². The van der Waals surface area contributed by atoms with Crippen molar-refractivity contribution in [3.05, 3.63) is 177 Å². The normalized spacial score (nSPS) is 11.2. The fourth-order valence-corrected chi connectivity index (χ4v) is 11.2. The summed E-state index contributed by atoms with van der Waals surface area (Å²) in [5.41, 5.74) is 19.8. The van der Waals surface area contributed by atoms with Gasteiger partial charge in [-0.05, 0) is 173 Å². The quantitative estimate of drug-likeness (QED) is 0.00571. The number of nitrogens with one attached hydrogen (secondary N) is 3. The average molecular weight is 1620 g/mol. The second-order valence-electron chi connectivity index (χ2n) is 26.4. The number of aliphatic hydroxyl groups is 6. The van der Waals surface area contributed by atoms with E-state index in [0.717, 1.165) is 75.3 Å². The first kappa shape index (κ1) is 101. The van der Waals surface area contributed by atoms with Crippen LogP contribution in [0.5, 0.6) is 0 Å². The van der Waals surface area contributed by atoms with Gasteiger partial charge in [-0.1, -0.05) is 211 Å². The van der Waals surface area contributed by atoms with Crippen molar-refractivity contribution in [3.63, 3.8) is 0 Å². The minimum Gasteiger partial charge on any atom is -0.464 e. The van der Waals surface area contributed by atoms with E-state index in [0.29, 0.717) is 32.1 Å². The maximum Gasteiger partial charge on any atom is 0.343 e. The molecule has 0 fully saturated rings. The number of ketones is 1. The molecule has 5 aromatic rings. The third-order valence-electron chi connectivity index (χ3n) is 16.9. The van der Waals surface area contributed by atoms with Gasteiger partial charge in [0.1, 0.15) is 0 Å². The zero-order valence-corrected chi connectivity index (χ0v) is 68.3. The van der Waals surface area contributed by atoms with Crippen molar-refractivity contribution in [3.8, 4) is 0 Å². The number of rotatable bonds is 40. The molecule has 0 aliphatic rings. The molecule has 1 unspecified atom stereocenters. The van der Waals surface area contributed by atoms with E-state index in [2.05, 4.69) is 175 Å². The van der Waals surface area contributed by atoms with Gasteiger partial charge < -0.3 is 72.3 Å². The van der Waals surface area contributed by atoms with E-state index >= 15 is 0 Å². The van der Waals surface area contributed by atoms with E-state index in [4.69, 9.17) is 41.4 Å². The SMILES string of the molecule is CCCc1ccc(CCC(CO)(CO)NC(C)=O)cc1.CCCc1ccc(CCC(N)(CO)CO)cc1.CCCc1ccc(CCC(N)(CO)CO)cc1.CCCc1ccc(CCC(NC(C)=O)(C(=O)OCC)C(=O)OCC)cc1.CCCc1ccc(CCI)cc1.CCOC(=O)C(NC(C)=O)C(C)=O.Cl. The number of hydrogen-bond donors (Lipinski definition) is 11. The molecular formula is C83H129ClIN5O16. The highest BCUT2D eigenvalue weighted by molar-refractivity contribution is 14.1. The summed E-state index contributed by atoms with van der Waals surface area (Å²) in [4.78, 5) is 80.5. The Morgan fingerprint density at radius 3 is 0.840 bits per heavy atom. The molecule has 1 atom stereocenters. The third-order valence-corrected chi connectivity index (χ3v) is 17.5. The number of esters is 3. The number of amides is 3. The largest absolute Gasteiger partial charge is 0.464 e. The van der Waals surface area contributed by atoms with Crippen LogP contribution in [0.3, 0.4) is 0 Å². The molecule has 0 saturated carbocycles. The maximum atomic E-state index is 12.5. The molecule has 0 radical (unpaired) electrons. The van der Waals surface area contributed by atoms with Crippen molar-refractivity contribution < 1.29 is 78.4 Å². The molecule has 596 valence electrons. The average Bonchev–Trinajstić information content (AvgIpc) is 0.795. The second kappa shape index (κ2) is 58.3. The molecule has 0 aromatic heterocycles. The Kier molecular flexibility index (Phi) is 55.8. The van der Waals surface area contributed by atoms with E-state index in [9.17, 15) is 43.8 Å². The molecular weight excluding hydrogens is 1490 g/mol. The molecule has 0 heterocycles. The first-order valence-electron chi connectivity index (χ1n) is 37.1. The highest BCUT2D eigenvalue weighted by atomic mass is 127. The summed E-state index contributed by atoms with van der Waals surface area (Å²) in [5, 5.41) is 62.6. The number of Topliss-reactive ketones (excluding diaryl/α,β-unsaturated/α-hetero) is 1. The van der Waals surface area contributed by atoms with Crippen LogP contribution in [0.4, 0.5) is 0 Å². The smallest absolute Gasteiger partial charge is 0.343 e. The number of aliphatic hydroxyl groups excluding tert-OH is 6. The molecule has 3 amide bonds. The summed E-state index contributed by atoms with van der Waals surface area (Å²) in [6.07, 6.45) is 16.9. The van der Waals surface area contributed by atoms with Crippen LogP contribution in [0.2, 0.25) is 0 Å². The van der Waals surface area contributed by atoms with E-state index < -0.39 is 63.7 Å². The second-order valence-corrected chi connectivity index (χ2v) is 27.5. The summed E-state index contributed by atoms with van der Waals surface area (Å²) in [6.45, 7) is 20.0. The topological polar surface area (TPSA) is 357 Å². The van der Waals surface area contributed by atoms with Gasteiger partial charge in [-0.3, -0.25) is 19.2 Å². The number of carbonyl (C=O) groups excluding carboxylic acids is 7. The van der Waals surface area contributed by atoms with Crippen LogP contribution >= 0.6 is 35.0 Å². The van der Waals surface area contributed by atoms with Gasteiger partial charge in [0.25, 0.3) is 0 Å². The highest BCUT2D eigenvalue weighted by Gasteiger charge is 2.49. The molecule has 0 aliphatic heterocycles. The van der Waals surface area contributed by atoms with Crippen LogP contribution in [0, 0.1) is 0 Å². The third kappa shape index (κ3) is 42.2. The van der Waals surface area contributed by atoms with Gasteiger partial charge in [0.15, 0.2) is 11.8 Å². The number of ether oxygens (including phenoxy) is 3. The van der Waals surface area contributed by atoms with Crippen LogP contribution < -0.4 is 27.4 Å². The predicted octanol–water partition coefficient (Wildman–Crippen LogP) is 10.2. The fraction of sp³-hybridized carbons (Fsp3) is 0.554. The number of aryl methyl sites for hydroxylation is 10. The maximum absolute atomic E-state index is 12.5. The molecule has 106 heavy (non-hydrogen) atoms. The lowest BCUT2D eigenvalue weighted by Crippen LogP contribution is -2.61. The van der Waals surface area contributed by atoms with Crippen LogP contribution in [-0.4, -0.2) is 164 Å². The van der Waals surface area contributed by atoms with Crippen molar-refractivity contribution in [1.29, 1.82) is 0 Å². The van der Waals surface area contributed by atoms with E-state index in [1.807, 2.05) is 24.3 Å². The Hall–Kier alpha value is -6.71. The number of alkyl halides is 1. The number of halogens is 2. The fourth-order valence-electron chi connectivity index (χ4n) is 10.6. The van der Waals surface area contributed by atoms with Crippen molar-refractivity contribution in [2.45, 2.75) is 233 Å². The summed E-state index contributed by atoms with van der Waals surface area (Å²) < 4.78 is 15.9. The lowest BCUT2D eigenvalue weighted by molar-refractivity contribution is -0.168. The lowest BCUT2D eigenvalue weighted by Gasteiger charge is -2.30. The molecule has 0 spiro atoms. The van der Waals surface area contributed by atoms with Crippen molar-refractivity contribution >= 4 is 76.4 Å². The summed E-state index contributed by atoms with van der Waals surface area (Å²) in [5.74, 6) is -3.92. The molecule has 5 rings (SSSR count). The molecule has 13 N–H and O–H groups in total. The standard InChI is InChI=1S/C20H29NO5.C16H25NO3.2C14H23NO2.C11H15I.C8H13NO4.ClH/c1-5-8-16-9-11-17(12-10-16)13-14-20(21-15(4)22,18(23)25-6-2)19(24)26-7-3;1-3-4-14-5-7-15(8-6-14)9-10-16(11-18,12-19)17-13(2)20;2*1-2-3-12-4-6-13(7-5-12)8-9-14(15,10-16)11-17;1-2-3-10-4-6-11(7-5-10)8-9-12;1-4-13-8(12)7(5(2)10)9-6(3)11;/h9-12H,5-8,13-14H2,1-4H3,(H,21,22);5-8,18-19H,3-4,9-12H2,1-2H3,(H,17,20);2*4-7,16-17H,2-3,8-11,15H2,1H3;4-7H,2-3,8-9H2,1H3;7H,4H2,1-3H3,(H,9,11);1H. The molecule has 5 aromatic carbocycles. The van der Waals surface area contributed by atoms with Crippen molar-refractivity contribution in [2.75, 3.05) is 63.9 Å². The van der Waals surface area contributed by atoms with E-state index in [1.54, 1.807) is 20.8 Å². The molecule has 0 bridgehead atoms. The van der Waals surface area contributed by atoms with Gasteiger partial charge in [0.05, 0.1) is 76.1 Å². The Balaban J connectivity index is 0. The van der Waals surface area contributed by atoms with Crippen LogP contribution in [0.25, 0.3) is 0 Å². The lowest BCUT2D eigenvalue weighted by atomic mass is 9.90. The van der Waals surface area contributed by atoms with Crippen molar-refractivity contribution in [2.24, 2.45) is 11.5 Å².